The summed E-state index contributed by atoms with van der Waals surface area (Å²) in [5.74, 6) is -0.321. The summed E-state index contributed by atoms with van der Waals surface area (Å²) >= 11 is 1.55. The van der Waals surface area contributed by atoms with Crippen molar-refractivity contribution in [3.63, 3.8) is 0 Å². The first-order valence-corrected chi connectivity index (χ1v) is 10.5. The molecule has 156 valence electrons. The molecule has 2 atom stereocenters. The van der Waals surface area contributed by atoms with Gasteiger partial charge in [-0.1, -0.05) is 30.3 Å². The Morgan fingerprint density at radius 1 is 1.11 bits per heavy atom. The summed E-state index contributed by atoms with van der Waals surface area (Å²) in [6, 6.07) is 7.62. The molecule has 0 aliphatic heterocycles. The highest BCUT2D eigenvalue weighted by Crippen LogP contribution is 2.09. The standard InChI is InChI=1S/C20H30N2O5S/c1-14(18(24)27-20(2,3)4)21-17(23)16(11-12-28-5)22-19(25)26-13-15-9-7-6-8-10-15/h6-10,14,16H,11-13H2,1-5H3,(H,21,23)(H,22,25)/t14-,16+/m0/s1. The van der Waals surface area contributed by atoms with E-state index in [1.54, 1.807) is 39.5 Å². The zero-order chi connectivity index (χ0) is 21.2. The second-order valence-corrected chi connectivity index (χ2v) is 8.29. The molecule has 1 aromatic carbocycles. The van der Waals surface area contributed by atoms with Gasteiger partial charge < -0.3 is 20.1 Å². The molecule has 2 amide bonds. The first-order valence-electron chi connectivity index (χ1n) is 9.11. The topological polar surface area (TPSA) is 93.7 Å². The molecule has 0 fully saturated rings. The Bertz CT molecular complexity index is 646. The van der Waals surface area contributed by atoms with E-state index in [1.807, 2.05) is 36.6 Å². The normalized spacial score (nSPS) is 13.2. The monoisotopic (exact) mass is 410 g/mol. The summed E-state index contributed by atoms with van der Waals surface area (Å²) in [6.07, 6.45) is 1.63. The van der Waals surface area contributed by atoms with Crippen LogP contribution in [0.1, 0.15) is 39.7 Å². The van der Waals surface area contributed by atoms with Crippen LogP contribution in [0.15, 0.2) is 30.3 Å². The summed E-state index contributed by atoms with van der Waals surface area (Å²) in [5, 5.41) is 5.17. The Morgan fingerprint density at radius 3 is 2.32 bits per heavy atom. The van der Waals surface area contributed by atoms with Crippen LogP contribution in [0.2, 0.25) is 0 Å². The molecule has 0 heterocycles. The van der Waals surface area contributed by atoms with Crippen molar-refractivity contribution in [3.8, 4) is 0 Å². The Balaban J connectivity index is 2.60. The number of benzene rings is 1. The van der Waals surface area contributed by atoms with Gasteiger partial charge in [0.25, 0.3) is 0 Å². The van der Waals surface area contributed by atoms with Gasteiger partial charge in [-0.25, -0.2) is 9.59 Å². The summed E-state index contributed by atoms with van der Waals surface area (Å²) in [5.41, 5.74) is 0.203. The predicted octanol–water partition coefficient (Wildman–Crippen LogP) is 2.88. The Hall–Kier alpha value is -2.22. The molecule has 0 saturated heterocycles. The van der Waals surface area contributed by atoms with Gasteiger partial charge in [0.2, 0.25) is 5.91 Å². The number of ether oxygens (including phenoxy) is 2. The number of amides is 2. The van der Waals surface area contributed by atoms with E-state index in [4.69, 9.17) is 9.47 Å². The number of nitrogens with one attached hydrogen (secondary N) is 2. The van der Waals surface area contributed by atoms with Gasteiger partial charge in [-0.15, -0.1) is 0 Å². The average Bonchev–Trinajstić information content (AvgIpc) is 2.62. The Morgan fingerprint density at radius 2 is 1.75 bits per heavy atom. The van der Waals surface area contributed by atoms with E-state index in [2.05, 4.69) is 10.6 Å². The Labute approximate surface area is 170 Å². The smallest absolute Gasteiger partial charge is 0.408 e. The van der Waals surface area contributed by atoms with Crippen LogP contribution in [0, 0.1) is 0 Å². The fourth-order valence-corrected chi connectivity index (χ4v) is 2.65. The van der Waals surface area contributed by atoms with Crippen LogP contribution in [0.25, 0.3) is 0 Å². The third-order valence-electron chi connectivity index (χ3n) is 3.55. The third-order valence-corrected chi connectivity index (χ3v) is 4.20. The fourth-order valence-electron chi connectivity index (χ4n) is 2.17. The number of carbonyl (C=O) groups excluding carboxylic acids is 3. The molecule has 0 aromatic heterocycles. The summed E-state index contributed by atoms with van der Waals surface area (Å²) < 4.78 is 10.4. The van der Waals surface area contributed by atoms with Crippen LogP contribution < -0.4 is 10.6 Å². The minimum Gasteiger partial charge on any atom is -0.458 e. The number of hydrogen-bond acceptors (Lipinski definition) is 6. The lowest BCUT2D eigenvalue weighted by molar-refractivity contribution is -0.158. The van der Waals surface area contributed by atoms with Crippen molar-refractivity contribution in [2.24, 2.45) is 0 Å². The molecule has 0 aliphatic rings. The summed E-state index contributed by atoms with van der Waals surface area (Å²) in [7, 11) is 0. The van der Waals surface area contributed by atoms with E-state index in [1.165, 1.54) is 0 Å². The SMILES string of the molecule is CSCC[C@@H](NC(=O)OCc1ccccc1)C(=O)N[C@@H](C)C(=O)OC(C)(C)C. The lowest BCUT2D eigenvalue weighted by Crippen LogP contribution is -2.51. The number of carbonyl (C=O) groups is 3. The zero-order valence-electron chi connectivity index (χ0n) is 17.1. The van der Waals surface area contributed by atoms with Crippen molar-refractivity contribution < 1.29 is 23.9 Å². The highest BCUT2D eigenvalue weighted by molar-refractivity contribution is 7.98. The average molecular weight is 411 g/mol. The van der Waals surface area contributed by atoms with Crippen LogP contribution >= 0.6 is 11.8 Å². The van der Waals surface area contributed by atoms with Crippen molar-refractivity contribution in [2.75, 3.05) is 12.0 Å². The highest BCUT2D eigenvalue weighted by Gasteiger charge is 2.27. The molecule has 28 heavy (non-hydrogen) atoms. The van der Waals surface area contributed by atoms with Gasteiger partial charge in [-0.05, 0) is 51.7 Å². The third kappa shape index (κ3) is 9.64. The molecule has 0 radical (unpaired) electrons. The second kappa shape index (κ2) is 11.6. The predicted molar refractivity (Wildman–Crippen MR) is 110 cm³/mol. The quantitative estimate of drug-likeness (QED) is 0.608. The lowest BCUT2D eigenvalue weighted by Gasteiger charge is -2.24. The molecule has 7 nitrogen and oxygen atoms in total. The van der Waals surface area contributed by atoms with E-state index in [0.29, 0.717) is 12.2 Å². The first-order chi connectivity index (χ1) is 13.1. The zero-order valence-corrected chi connectivity index (χ0v) is 17.9. The number of alkyl carbamates (subject to hydrolysis) is 1. The maximum atomic E-state index is 12.5. The van der Waals surface area contributed by atoms with E-state index in [9.17, 15) is 14.4 Å². The van der Waals surface area contributed by atoms with E-state index in [-0.39, 0.29) is 6.61 Å². The van der Waals surface area contributed by atoms with Crippen molar-refractivity contribution in [1.29, 1.82) is 0 Å². The van der Waals surface area contributed by atoms with Gasteiger partial charge in [-0.3, -0.25) is 4.79 Å². The first kappa shape index (κ1) is 23.8. The number of hydrogen-bond donors (Lipinski definition) is 2. The van der Waals surface area contributed by atoms with E-state index >= 15 is 0 Å². The summed E-state index contributed by atoms with van der Waals surface area (Å²) in [6.45, 7) is 6.92. The van der Waals surface area contributed by atoms with Crippen LogP contribution in [0.5, 0.6) is 0 Å². The minimum atomic E-state index is -0.828. The largest absolute Gasteiger partial charge is 0.458 e. The molecular weight excluding hydrogens is 380 g/mol. The number of rotatable bonds is 9. The molecule has 2 N–H and O–H groups in total. The van der Waals surface area contributed by atoms with Gasteiger partial charge in [-0.2, -0.15) is 11.8 Å². The van der Waals surface area contributed by atoms with E-state index in [0.717, 1.165) is 5.56 Å². The lowest BCUT2D eigenvalue weighted by atomic mass is 10.1. The Kier molecular flexibility index (Phi) is 9.85. The maximum Gasteiger partial charge on any atom is 0.408 e. The van der Waals surface area contributed by atoms with Crippen molar-refractivity contribution in [1.82, 2.24) is 10.6 Å². The van der Waals surface area contributed by atoms with Gasteiger partial charge in [0.05, 0.1) is 0 Å². The molecular formula is C20H30N2O5S. The summed E-state index contributed by atoms with van der Waals surface area (Å²) in [4.78, 5) is 36.7. The second-order valence-electron chi connectivity index (χ2n) is 7.30. The molecule has 0 saturated carbocycles. The van der Waals surface area contributed by atoms with Crippen LogP contribution in [0.3, 0.4) is 0 Å². The maximum absolute atomic E-state index is 12.5. The van der Waals surface area contributed by atoms with Gasteiger partial charge in [0.15, 0.2) is 0 Å². The van der Waals surface area contributed by atoms with Gasteiger partial charge >= 0.3 is 12.1 Å². The number of thioether (sulfide) groups is 1. The highest BCUT2D eigenvalue weighted by atomic mass is 32.2. The van der Waals surface area contributed by atoms with Crippen LogP contribution in [0.4, 0.5) is 4.79 Å². The molecule has 0 unspecified atom stereocenters. The molecule has 0 bridgehead atoms. The molecule has 1 rings (SSSR count). The van der Waals surface area contributed by atoms with E-state index < -0.39 is 35.7 Å². The minimum absolute atomic E-state index is 0.109. The molecule has 0 aliphatic carbocycles. The molecule has 1 aromatic rings. The molecule has 0 spiro atoms. The van der Waals surface area contributed by atoms with Crippen molar-refractivity contribution in [3.05, 3.63) is 35.9 Å². The van der Waals surface area contributed by atoms with Crippen LogP contribution in [-0.2, 0) is 25.7 Å². The fraction of sp³-hybridized carbons (Fsp3) is 0.550. The number of esters is 1. The van der Waals surface area contributed by atoms with Crippen LogP contribution in [-0.4, -0.2) is 47.7 Å². The van der Waals surface area contributed by atoms with Gasteiger partial charge in [0, 0.05) is 0 Å². The van der Waals surface area contributed by atoms with Gasteiger partial charge in [0.1, 0.15) is 24.3 Å². The van der Waals surface area contributed by atoms with Crippen molar-refractivity contribution in [2.45, 2.75) is 58.4 Å². The molecule has 8 heteroatoms. The van der Waals surface area contributed by atoms with Crippen molar-refractivity contribution >= 4 is 29.7 Å².